The normalized spacial score (nSPS) is 9.56. The summed E-state index contributed by atoms with van der Waals surface area (Å²) in [5.74, 6) is -0.298. The molecule has 1 aromatic heterocycles. The van der Waals surface area contributed by atoms with E-state index in [0.29, 0.717) is 19.6 Å². The van der Waals surface area contributed by atoms with Crippen LogP contribution in [0, 0.1) is 0 Å². The van der Waals surface area contributed by atoms with Gasteiger partial charge in [0.1, 0.15) is 10.8 Å². The molecule has 0 fully saturated rings. The first-order valence-corrected chi connectivity index (χ1v) is 5.10. The largest absolute Gasteiger partial charge is 0.502 e. The molecule has 0 aromatic carbocycles. The number of aromatic nitrogens is 2. The van der Waals surface area contributed by atoms with Crippen LogP contribution < -0.4 is 5.32 Å². The van der Waals surface area contributed by atoms with Gasteiger partial charge in [0.2, 0.25) is 0 Å². The maximum atomic E-state index is 11.5. The van der Waals surface area contributed by atoms with Crippen molar-refractivity contribution in [1.82, 2.24) is 15.3 Å². The van der Waals surface area contributed by atoms with Gasteiger partial charge in [-0.1, -0.05) is 18.2 Å². The molecule has 0 saturated heterocycles. The molecular weight excluding hydrogens is 230 g/mol. The zero-order valence-electron chi connectivity index (χ0n) is 8.65. The van der Waals surface area contributed by atoms with Crippen LogP contribution in [-0.4, -0.2) is 29.0 Å². The van der Waals surface area contributed by atoms with Crippen LogP contribution in [0.5, 0.6) is 0 Å². The molecule has 1 aromatic rings. The lowest BCUT2D eigenvalue weighted by Gasteiger charge is -2.04. The number of rotatable bonds is 6. The molecule has 16 heavy (non-hydrogen) atoms. The number of halogens is 1. The topological polar surface area (TPSA) is 64.1 Å². The van der Waals surface area contributed by atoms with Crippen molar-refractivity contribution in [2.45, 2.75) is 6.42 Å². The van der Waals surface area contributed by atoms with Gasteiger partial charge < -0.3 is 10.1 Å². The van der Waals surface area contributed by atoms with E-state index in [1.807, 2.05) is 0 Å². The van der Waals surface area contributed by atoms with E-state index in [-0.39, 0.29) is 16.8 Å². The second-order valence-corrected chi connectivity index (χ2v) is 3.26. The number of amides is 1. The number of ether oxygens (including phenoxy) is 1. The standard InChI is InChI=1S/C10H12ClN3O2/c1-2-16-5-3-4-13-10(15)8-6-12-7-9(11)14-8/h2,6-7H,1,3-5H2,(H,13,15). The Labute approximate surface area is 98.5 Å². The summed E-state index contributed by atoms with van der Waals surface area (Å²) in [6.45, 7) is 4.43. The van der Waals surface area contributed by atoms with Gasteiger partial charge in [-0.2, -0.15) is 0 Å². The lowest BCUT2D eigenvalue weighted by atomic mass is 10.4. The molecule has 0 unspecified atom stereocenters. The van der Waals surface area contributed by atoms with Gasteiger partial charge in [-0.05, 0) is 6.42 Å². The fourth-order valence-electron chi connectivity index (χ4n) is 0.983. The second-order valence-electron chi connectivity index (χ2n) is 2.87. The van der Waals surface area contributed by atoms with Gasteiger partial charge >= 0.3 is 0 Å². The molecule has 6 heteroatoms. The van der Waals surface area contributed by atoms with E-state index < -0.39 is 0 Å². The first-order chi connectivity index (χ1) is 7.74. The molecule has 5 nitrogen and oxygen atoms in total. The second kappa shape index (κ2) is 6.79. The Hall–Kier alpha value is -1.62. The molecule has 1 amide bonds. The first-order valence-electron chi connectivity index (χ1n) is 4.72. The molecule has 0 aliphatic rings. The summed E-state index contributed by atoms with van der Waals surface area (Å²) >= 11 is 5.61. The number of carbonyl (C=O) groups is 1. The Morgan fingerprint density at radius 2 is 2.44 bits per heavy atom. The van der Waals surface area contributed by atoms with Crippen molar-refractivity contribution in [2.24, 2.45) is 0 Å². The van der Waals surface area contributed by atoms with Crippen molar-refractivity contribution in [3.05, 3.63) is 36.1 Å². The Balaban J connectivity index is 2.32. The highest BCUT2D eigenvalue weighted by Gasteiger charge is 2.06. The summed E-state index contributed by atoms with van der Waals surface area (Å²) in [4.78, 5) is 19.1. The smallest absolute Gasteiger partial charge is 0.271 e. The van der Waals surface area contributed by atoms with Crippen molar-refractivity contribution in [1.29, 1.82) is 0 Å². The van der Waals surface area contributed by atoms with Crippen LogP contribution in [0.3, 0.4) is 0 Å². The summed E-state index contributed by atoms with van der Waals surface area (Å²) in [6.07, 6.45) is 4.80. The van der Waals surface area contributed by atoms with Crippen molar-refractivity contribution in [3.8, 4) is 0 Å². The molecule has 0 aliphatic carbocycles. The maximum absolute atomic E-state index is 11.5. The zero-order valence-corrected chi connectivity index (χ0v) is 9.41. The average molecular weight is 242 g/mol. The lowest BCUT2D eigenvalue weighted by Crippen LogP contribution is -2.26. The molecule has 1 rings (SSSR count). The van der Waals surface area contributed by atoms with Crippen LogP contribution in [0.1, 0.15) is 16.9 Å². The van der Waals surface area contributed by atoms with Crippen molar-refractivity contribution in [2.75, 3.05) is 13.2 Å². The monoisotopic (exact) mass is 241 g/mol. The quantitative estimate of drug-likeness (QED) is 0.604. The highest BCUT2D eigenvalue weighted by Crippen LogP contribution is 2.01. The van der Waals surface area contributed by atoms with Crippen LogP contribution in [-0.2, 0) is 4.74 Å². The van der Waals surface area contributed by atoms with Gasteiger partial charge in [0.25, 0.3) is 5.91 Å². The van der Waals surface area contributed by atoms with E-state index in [1.54, 1.807) is 0 Å². The Bertz CT molecular complexity index is 371. The maximum Gasteiger partial charge on any atom is 0.271 e. The summed E-state index contributed by atoms with van der Waals surface area (Å²) in [5.41, 5.74) is 0.206. The third-order valence-corrected chi connectivity index (χ3v) is 1.86. The summed E-state index contributed by atoms with van der Waals surface area (Å²) in [6, 6.07) is 0. The predicted octanol–water partition coefficient (Wildman–Crippen LogP) is 1.41. The molecule has 0 saturated carbocycles. The minimum absolute atomic E-state index is 0.197. The number of nitrogens with one attached hydrogen (secondary N) is 1. The minimum atomic E-state index is -0.298. The summed E-state index contributed by atoms with van der Waals surface area (Å²) < 4.78 is 4.90. The predicted molar refractivity (Wildman–Crippen MR) is 60.1 cm³/mol. The molecule has 0 atom stereocenters. The van der Waals surface area contributed by atoms with Gasteiger partial charge in [-0.25, -0.2) is 4.98 Å². The van der Waals surface area contributed by atoms with Crippen molar-refractivity contribution in [3.63, 3.8) is 0 Å². The average Bonchev–Trinajstić information content (AvgIpc) is 2.28. The number of nitrogens with zero attached hydrogens (tertiary/aromatic N) is 2. The van der Waals surface area contributed by atoms with Crippen molar-refractivity contribution >= 4 is 17.5 Å². The van der Waals surface area contributed by atoms with Crippen LogP contribution >= 0.6 is 11.6 Å². The third kappa shape index (κ3) is 4.27. The number of carbonyl (C=O) groups excluding carboxylic acids is 1. The van der Waals surface area contributed by atoms with Crippen LogP contribution in [0.25, 0.3) is 0 Å². The minimum Gasteiger partial charge on any atom is -0.502 e. The lowest BCUT2D eigenvalue weighted by molar-refractivity contribution is 0.0945. The molecule has 86 valence electrons. The fourth-order valence-corrected chi connectivity index (χ4v) is 1.13. The Kier molecular flexibility index (Phi) is 5.28. The van der Waals surface area contributed by atoms with E-state index >= 15 is 0 Å². The molecule has 1 heterocycles. The summed E-state index contributed by atoms with van der Waals surface area (Å²) in [5, 5.41) is 2.87. The van der Waals surface area contributed by atoms with Crippen LogP contribution in [0.4, 0.5) is 0 Å². The molecule has 0 radical (unpaired) electrons. The molecule has 0 bridgehead atoms. The van der Waals surface area contributed by atoms with Crippen LogP contribution in [0.2, 0.25) is 5.15 Å². The van der Waals surface area contributed by atoms with Gasteiger partial charge in [0, 0.05) is 6.54 Å². The highest BCUT2D eigenvalue weighted by molar-refractivity contribution is 6.29. The Morgan fingerprint density at radius 3 is 3.12 bits per heavy atom. The SMILES string of the molecule is C=COCCCNC(=O)c1cncc(Cl)n1. The summed E-state index contributed by atoms with van der Waals surface area (Å²) in [7, 11) is 0. The molecule has 0 aliphatic heterocycles. The van der Waals surface area contributed by atoms with E-state index in [1.165, 1.54) is 18.7 Å². The number of hydrogen-bond donors (Lipinski definition) is 1. The van der Waals surface area contributed by atoms with Gasteiger partial charge in [0.05, 0.1) is 25.3 Å². The van der Waals surface area contributed by atoms with E-state index in [9.17, 15) is 4.79 Å². The Morgan fingerprint density at radius 1 is 1.62 bits per heavy atom. The van der Waals surface area contributed by atoms with Gasteiger partial charge in [0.15, 0.2) is 0 Å². The molecule has 0 spiro atoms. The third-order valence-electron chi connectivity index (χ3n) is 1.68. The highest BCUT2D eigenvalue weighted by atomic mass is 35.5. The van der Waals surface area contributed by atoms with E-state index in [2.05, 4.69) is 21.9 Å². The number of hydrogen-bond acceptors (Lipinski definition) is 4. The molecule has 1 N–H and O–H groups in total. The zero-order chi connectivity index (χ0) is 11.8. The fraction of sp³-hybridized carbons (Fsp3) is 0.300. The molecular formula is C10H12ClN3O2. The van der Waals surface area contributed by atoms with Gasteiger partial charge in [-0.15, -0.1) is 0 Å². The van der Waals surface area contributed by atoms with Gasteiger partial charge in [-0.3, -0.25) is 9.78 Å². The van der Waals surface area contributed by atoms with Crippen molar-refractivity contribution < 1.29 is 9.53 Å². The van der Waals surface area contributed by atoms with E-state index in [4.69, 9.17) is 16.3 Å². The van der Waals surface area contributed by atoms with Crippen LogP contribution in [0.15, 0.2) is 25.2 Å². The van der Waals surface area contributed by atoms with E-state index in [0.717, 1.165) is 0 Å². The first kappa shape index (κ1) is 12.4.